The lowest BCUT2D eigenvalue weighted by Crippen LogP contribution is -2.27. The highest BCUT2D eigenvalue weighted by Crippen LogP contribution is 2.41. The fourth-order valence-corrected chi connectivity index (χ4v) is 5.79. The first kappa shape index (κ1) is 33.9. The van der Waals surface area contributed by atoms with E-state index < -0.39 is 5.97 Å². The van der Waals surface area contributed by atoms with E-state index in [-0.39, 0.29) is 23.4 Å². The van der Waals surface area contributed by atoms with E-state index >= 15 is 0 Å². The summed E-state index contributed by atoms with van der Waals surface area (Å²) in [6.07, 6.45) is 4.22. The van der Waals surface area contributed by atoms with Crippen LogP contribution in [-0.2, 0) is 9.47 Å². The molecule has 0 saturated carbocycles. The Morgan fingerprint density at radius 2 is 1.57 bits per heavy atom. The number of benzene rings is 4. The largest absolute Gasteiger partial charge is 0.478 e. The number of amides is 1. The predicted molar refractivity (Wildman–Crippen MR) is 187 cm³/mol. The third-order valence-corrected chi connectivity index (χ3v) is 8.30. The number of anilines is 1. The van der Waals surface area contributed by atoms with Crippen molar-refractivity contribution in [3.05, 3.63) is 88.1 Å². The van der Waals surface area contributed by atoms with Crippen LogP contribution in [0, 0.1) is 0 Å². The number of fused-ring (bicyclic) bond motifs is 4. The summed E-state index contributed by atoms with van der Waals surface area (Å²) in [5.74, 6) is -0.779. The van der Waals surface area contributed by atoms with E-state index in [1.54, 1.807) is 18.2 Å². The predicted octanol–water partition coefficient (Wildman–Crippen LogP) is 7.09. The lowest BCUT2D eigenvalue weighted by molar-refractivity contribution is 0.0468. The van der Waals surface area contributed by atoms with Gasteiger partial charge in [-0.25, -0.2) is 4.79 Å². The summed E-state index contributed by atoms with van der Waals surface area (Å²) in [5.41, 5.74) is 3.18. The maximum absolute atomic E-state index is 13.2. The number of alkyl halides is 1. The van der Waals surface area contributed by atoms with E-state index in [1.165, 1.54) is 18.2 Å². The van der Waals surface area contributed by atoms with Crippen molar-refractivity contribution in [1.29, 1.82) is 0 Å². The Hall–Kier alpha value is -4.44. The van der Waals surface area contributed by atoms with Crippen LogP contribution in [0.15, 0.2) is 75.9 Å². The van der Waals surface area contributed by atoms with Crippen LogP contribution < -0.4 is 15.6 Å². The summed E-state index contributed by atoms with van der Waals surface area (Å²) in [4.78, 5) is 39.8. The lowest BCUT2D eigenvalue weighted by atomic mass is 9.90. The monoisotopic (exact) mass is 658 g/mol. The first-order valence-electron chi connectivity index (χ1n) is 15.8. The smallest absolute Gasteiger partial charge is 0.336 e. The highest BCUT2D eigenvalue weighted by atomic mass is 35.5. The molecule has 0 bridgehead atoms. The molecule has 1 heterocycles. The Morgan fingerprint density at radius 3 is 2.34 bits per heavy atom. The molecule has 0 radical (unpaired) electrons. The van der Waals surface area contributed by atoms with Crippen LogP contribution in [0.4, 0.5) is 5.69 Å². The van der Waals surface area contributed by atoms with Crippen LogP contribution in [0.25, 0.3) is 43.8 Å². The van der Waals surface area contributed by atoms with E-state index in [2.05, 4.69) is 5.32 Å². The highest BCUT2D eigenvalue weighted by Gasteiger charge is 2.22. The molecule has 0 aliphatic rings. The van der Waals surface area contributed by atoms with E-state index in [1.807, 2.05) is 49.3 Å². The Bertz CT molecular complexity index is 1950. The number of hydrogen-bond donors (Lipinski definition) is 2. The number of carboxylic acid groups (broad SMARTS) is 1. The Morgan fingerprint density at radius 1 is 0.830 bits per heavy atom. The second kappa shape index (κ2) is 15.9. The minimum atomic E-state index is -1.12. The fourth-order valence-electron chi connectivity index (χ4n) is 5.60. The van der Waals surface area contributed by atoms with Gasteiger partial charge in [0.05, 0.1) is 25.4 Å². The van der Waals surface area contributed by atoms with E-state index in [0.717, 1.165) is 36.8 Å². The third kappa shape index (κ3) is 8.11. The van der Waals surface area contributed by atoms with Crippen LogP contribution in [0.2, 0.25) is 0 Å². The molecule has 2 N–H and O–H groups in total. The number of rotatable bonds is 16. The number of carbonyl (C=O) groups excluding carboxylic acids is 1. The molecule has 0 saturated heterocycles. The second-order valence-electron chi connectivity index (χ2n) is 11.5. The third-order valence-electron chi connectivity index (χ3n) is 8.03. The second-order valence-corrected chi connectivity index (χ2v) is 11.9. The number of aromatic carboxylic acids is 1. The van der Waals surface area contributed by atoms with Crippen LogP contribution in [0.5, 0.6) is 0 Å². The van der Waals surface area contributed by atoms with Crippen LogP contribution >= 0.6 is 11.6 Å². The number of nitrogens with one attached hydrogen (secondary N) is 1. The van der Waals surface area contributed by atoms with Crippen molar-refractivity contribution in [3.8, 4) is 11.1 Å². The van der Waals surface area contributed by atoms with Gasteiger partial charge in [-0.1, -0.05) is 18.9 Å². The summed E-state index contributed by atoms with van der Waals surface area (Å²) in [6, 6.07) is 18.7. The van der Waals surface area contributed by atoms with Crippen molar-refractivity contribution < 1.29 is 28.6 Å². The number of ether oxygens (including phenoxy) is 2. The molecule has 0 aliphatic carbocycles. The van der Waals surface area contributed by atoms with Gasteiger partial charge in [-0.2, -0.15) is 0 Å². The number of carboxylic acids is 1. The van der Waals surface area contributed by atoms with Crippen molar-refractivity contribution in [2.75, 3.05) is 57.8 Å². The normalized spacial score (nSPS) is 11.4. The SMILES string of the molecule is CN(C)c1ccc2c(-c3cc(C(=O)NCCOCCOCCCCCCCl)ccc3C(=O)O)c3ccc4cc(=O)ccc4c3oc2c1. The van der Waals surface area contributed by atoms with E-state index in [4.69, 9.17) is 25.5 Å². The van der Waals surface area contributed by atoms with Crippen molar-refractivity contribution in [1.82, 2.24) is 5.32 Å². The van der Waals surface area contributed by atoms with Gasteiger partial charge in [-0.05, 0) is 78.4 Å². The summed E-state index contributed by atoms with van der Waals surface area (Å²) in [6.45, 7) is 2.19. The average Bonchev–Trinajstić information content (AvgIpc) is 3.06. The number of hydrogen-bond acceptors (Lipinski definition) is 7. The molecule has 1 amide bonds. The number of unbranched alkanes of at least 4 members (excludes halogenated alkanes) is 3. The van der Waals surface area contributed by atoms with Gasteiger partial charge in [0.15, 0.2) is 5.43 Å². The maximum atomic E-state index is 13.2. The topological polar surface area (TPSA) is 118 Å². The Labute approximate surface area is 278 Å². The molecule has 0 aliphatic heterocycles. The van der Waals surface area contributed by atoms with Crippen molar-refractivity contribution >= 4 is 61.9 Å². The van der Waals surface area contributed by atoms with Gasteiger partial charge in [0.25, 0.3) is 5.91 Å². The zero-order valence-corrected chi connectivity index (χ0v) is 27.4. The molecule has 0 unspecified atom stereocenters. The van der Waals surface area contributed by atoms with Crippen molar-refractivity contribution in [2.45, 2.75) is 25.7 Å². The molecule has 10 heteroatoms. The van der Waals surface area contributed by atoms with Gasteiger partial charge in [0.1, 0.15) is 11.2 Å². The minimum absolute atomic E-state index is 0.0458. The summed E-state index contributed by atoms with van der Waals surface area (Å²) in [7, 11) is 3.84. The first-order valence-corrected chi connectivity index (χ1v) is 16.3. The summed E-state index contributed by atoms with van der Waals surface area (Å²) in [5, 5.41) is 15.9. The fraction of sp³-hybridized carbons (Fsp3) is 0.324. The van der Waals surface area contributed by atoms with Gasteiger partial charge in [0.2, 0.25) is 0 Å². The molecule has 5 aromatic rings. The standard InChI is InChI=1S/C37H39ClN2O7/c1-40(2)26-9-13-30-33(23-26)47-35-28-14-10-27(41)21-24(28)7-12-31(35)34(30)32-22-25(8-11-29(32)37(43)44)36(42)39-16-18-46-20-19-45-17-6-4-3-5-15-38/h7-14,21-23H,3-6,15-20H2,1-2H3,(H,39,42)(H,43,44). The van der Waals surface area contributed by atoms with Crippen molar-refractivity contribution in [3.63, 3.8) is 0 Å². The molecule has 47 heavy (non-hydrogen) atoms. The number of halogens is 1. The van der Waals surface area contributed by atoms with Gasteiger partial charge >= 0.3 is 5.97 Å². The molecule has 9 nitrogen and oxygen atoms in total. The number of nitrogens with zero attached hydrogens (tertiary/aromatic N) is 1. The lowest BCUT2D eigenvalue weighted by Gasteiger charge is -2.18. The molecule has 0 spiro atoms. The molecular weight excluding hydrogens is 620 g/mol. The zero-order chi connectivity index (χ0) is 33.3. The van der Waals surface area contributed by atoms with Crippen molar-refractivity contribution in [2.24, 2.45) is 0 Å². The minimum Gasteiger partial charge on any atom is -0.478 e. The van der Waals surface area contributed by atoms with Crippen LogP contribution in [-0.4, -0.2) is 69.9 Å². The molecule has 246 valence electrons. The van der Waals surface area contributed by atoms with E-state index in [0.29, 0.717) is 76.3 Å². The zero-order valence-electron chi connectivity index (χ0n) is 26.6. The Kier molecular flexibility index (Phi) is 11.5. The average molecular weight is 659 g/mol. The molecule has 0 fully saturated rings. The molecular formula is C37H39ClN2O7. The molecule has 1 aromatic heterocycles. The highest BCUT2D eigenvalue weighted by molar-refractivity contribution is 6.18. The van der Waals surface area contributed by atoms with Gasteiger partial charge in [-0.15, -0.1) is 11.6 Å². The van der Waals surface area contributed by atoms with E-state index in [9.17, 15) is 19.5 Å². The Balaban J connectivity index is 1.41. The summed E-state index contributed by atoms with van der Waals surface area (Å²) >= 11 is 5.69. The van der Waals surface area contributed by atoms with Gasteiger partial charge in [0, 0.05) is 72.2 Å². The molecule has 0 atom stereocenters. The number of carbonyl (C=O) groups is 2. The summed E-state index contributed by atoms with van der Waals surface area (Å²) < 4.78 is 17.7. The maximum Gasteiger partial charge on any atom is 0.336 e. The quantitative estimate of drug-likeness (QED) is 0.0499. The van der Waals surface area contributed by atoms with Gasteiger partial charge in [-0.3, -0.25) is 9.59 Å². The van der Waals surface area contributed by atoms with Crippen LogP contribution in [0.1, 0.15) is 46.4 Å². The molecule has 4 aromatic carbocycles. The first-order chi connectivity index (χ1) is 22.8. The molecule has 5 rings (SSSR count). The van der Waals surface area contributed by atoms with Gasteiger partial charge < -0.3 is 29.2 Å². The van der Waals surface area contributed by atoms with Crippen LogP contribution in [0.3, 0.4) is 0 Å².